The van der Waals surface area contributed by atoms with Gasteiger partial charge in [0, 0.05) is 44.6 Å². The molecule has 1 aromatic heterocycles. The molecular formula is C13H20N6O. The quantitative estimate of drug-likeness (QED) is 0.603. The molecule has 0 radical (unpaired) electrons. The van der Waals surface area contributed by atoms with Gasteiger partial charge in [-0.2, -0.15) is 0 Å². The summed E-state index contributed by atoms with van der Waals surface area (Å²) in [5, 5.41) is 0. The van der Waals surface area contributed by atoms with Crippen LogP contribution in [-0.4, -0.2) is 46.5 Å². The third-order valence-corrected chi connectivity index (χ3v) is 4.04. The topological polar surface area (TPSA) is 87.4 Å². The molecule has 3 rings (SSSR count). The number of nitrogen functional groups attached to an aromatic ring is 1. The fraction of sp³-hybridized carbons (Fsp3) is 0.615. The summed E-state index contributed by atoms with van der Waals surface area (Å²) in [7, 11) is 0. The molecule has 108 valence electrons. The number of hydrazine groups is 1. The number of carbonyl (C=O) groups is 1. The normalized spacial score (nSPS) is 22.1. The van der Waals surface area contributed by atoms with Crippen molar-refractivity contribution in [2.45, 2.75) is 32.2 Å². The standard InChI is InChI=1S/C13H20N6O/c1-2-10-15-11(17-14)7-12(16-10)18-5-6-19-9(8-18)3-4-13(19)20/h7,9H,2-6,8,14H2,1H3,(H,15,16,17). The van der Waals surface area contributed by atoms with Crippen LogP contribution in [0.1, 0.15) is 25.6 Å². The van der Waals surface area contributed by atoms with Gasteiger partial charge in [-0.15, -0.1) is 0 Å². The van der Waals surface area contributed by atoms with E-state index in [2.05, 4.69) is 20.3 Å². The van der Waals surface area contributed by atoms with Crippen LogP contribution < -0.4 is 16.2 Å². The van der Waals surface area contributed by atoms with Gasteiger partial charge in [0.1, 0.15) is 17.5 Å². The van der Waals surface area contributed by atoms with Gasteiger partial charge in [0.15, 0.2) is 0 Å². The van der Waals surface area contributed by atoms with E-state index in [1.54, 1.807) is 0 Å². The SMILES string of the molecule is CCc1nc(NN)cc(N2CCN3C(=O)CCC3C2)n1. The maximum Gasteiger partial charge on any atom is 0.223 e. The highest BCUT2D eigenvalue weighted by atomic mass is 16.2. The van der Waals surface area contributed by atoms with Crippen LogP contribution in [0.4, 0.5) is 11.6 Å². The first-order valence-electron chi connectivity index (χ1n) is 7.10. The summed E-state index contributed by atoms with van der Waals surface area (Å²) in [6.45, 7) is 4.45. The lowest BCUT2D eigenvalue weighted by Gasteiger charge is -2.38. The zero-order chi connectivity index (χ0) is 14.1. The van der Waals surface area contributed by atoms with E-state index >= 15 is 0 Å². The Morgan fingerprint density at radius 1 is 1.45 bits per heavy atom. The fourth-order valence-corrected chi connectivity index (χ4v) is 2.95. The molecule has 7 nitrogen and oxygen atoms in total. The number of rotatable bonds is 3. The van der Waals surface area contributed by atoms with E-state index in [9.17, 15) is 4.79 Å². The average Bonchev–Trinajstić information content (AvgIpc) is 2.87. The third kappa shape index (κ3) is 2.29. The molecule has 0 saturated carbocycles. The summed E-state index contributed by atoms with van der Waals surface area (Å²) < 4.78 is 0. The van der Waals surface area contributed by atoms with E-state index in [1.807, 2.05) is 17.9 Å². The van der Waals surface area contributed by atoms with Gasteiger partial charge in [0.2, 0.25) is 5.91 Å². The van der Waals surface area contributed by atoms with Crippen LogP contribution in [0.25, 0.3) is 0 Å². The number of aryl methyl sites for hydroxylation is 1. The largest absolute Gasteiger partial charge is 0.353 e. The van der Waals surface area contributed by atoms with Gasteiger partial charge in [-0.3, -0.25) is 4.79 Å². The molecule has 1 aromatic rings. The number of amides is 1. The highest BCUT2D eigenvalue weighted by molar-refractivity contribution is 5.79. The van der Waals surface area contributed by atoms with Crippen molar-refractivity contribution in [1.82, 2.24) is 14.9 Å². The summed E-state index contributed by atoms with van der Waals surface area (Å²) in [5.74, 6) is 8.06. The lowest BCUT2D eigenvalue weighted by molar-refractivity contribution is -0.129. The highest BCUT2D eigenvalue weighted by Crippen LogP contribution is 2.26. The fourth-order valence-electron chi connectivity index (χ4n) is 2.95. The second-order valence-electron chi connectivity index (χ2n) is 5.25. The minimum atomic E-state index is 0.288. The molecule has 3 heterocycles. The lowest BCUT2D eigenvalue weighted by Crippen LogP contribution is -2.51. The van der Waals surface area contributed by atoms with Crippen LogP contribution in [-0.2, 0) is 11.2 Å². The molecule has 0 aliphatic carbocycles. The van der Waals surface area contributed by atoms with E-state index in [0.29, 0.717) is 18.3 Å². The molecule has 2 fully saturated rings. The summed E-state index contributed by atoms with van der Waals surface area (Å²) in [5.41, 5.74) is 2.59. The number of fused-ring (bicyclic) bond motifs is 1. The number of nitrogens with two attached hydrogens (primary N) is 1. The molecule has 0 spiro atoms. The van der Waals surface area contributed by atoms with E-state index in [1.165, 1.54) is 0 Å². The molecule has 2 saturated heterocycles. The smallest absolute Gasteiger partial charge is 0.223 e. The molecular weight excluding hydrogens is 256 g/mol. The molecule has 20 heavy (non-hydrogen) atoms. The van der Waals surface area contributed by atoms with Crippen LogP contribution in [0, 0.1) is 0 Å². The van der Waals surface area contributed by atoms with Crippen molar-refractivity contribution in [2.75, 3.05) is 30.0 Å². The van der Waals surface area contributed by atoms with Gasteiger partial charge in [-0.25, -0.2) is 15.8 Å². The van der Waals surface area contributed by atoms with Crippen molar-refractivity contribution in [3.05, 3.63) is 11.9 Å². The second kappa shape index (κ2) is 5.24. The summed E-state index contributed by atoms with van der Waals surface area (Å²) >= 11 is 0. The number of piperazine rings is 1. The van der Waals surface area contributed by atoms with Crippen LogP contribution in [0.15, 0.2) is 6.07 Å². The highest BCUT2D eigenvalue weighted by Gasteiger charge is 2.35. The number of carbonyl (C=O) groups excluding carboxylic acids is 1. The van der Waals surface area contributed by atoms with Gasteiger partial charge in [-0.05, 0) is 6.42 Å². The Hall–Kier alpha value is -1.89. The van der Waals surface area contributed by atoms with E-state index < -0.39 is 0 Å². The average molecular weight is 276 g/mol. The molecule has 1 unspecified atom stereocenters. The number of anilines is 2. The summed E-state index contributed by atoms with van der Waals surface area (Å²) in [6.07, 6.45) is 2.39. The third-order valence-electron chi connectivity index (χ3n) is 4.04. The first-order chi connectivity index (χ1) is 9.71. The Morgan fingerprint density at radius 3 is 3.05 bits per heavy atom. The molecule has 3 N–H and O–H groups in total. The van der Waals surface area contributed by atoms with Gasteiger partial charge >= 0.3 is 0 Å². The van der Waals surface area contributed by atoms with Crippen LogP contribution >= 0.6 is 0 Å². The number of nitrogens with one attached hydrogen (secondary N) is 1. The van der Waals surface area contributed by atoms with Crippen LogP contribution in [0.3, 0.4) is 0 Å². The van der Waals surface area contributed by atoms with Gasteiger partial charge in [-0.1, -0.05) is 6.92 Å². The van der Waals surface area contributed by atoms with E-state index in [4.69, 9.17) is 5.84 Å². The van der Waals surface area contributed by atoms with E-state index in [-0.39, 0.29) is 5.91 Å². The number of hydrogen-bond donors (Lipinski definition) is 2. The summed E-state index contributed by atoms with van der Waals surface area (Å²) in [4.78, 5) is 24.8. The Kier molecular flexibility index (Phi) is 3.43. The van der Waals surface area contributed by atoms with Gasteiger partial charge in [0.05, 0.1) is 0 Å². The lowest BCUT2D eigenvalue weighted by atomic mass is 10.1. The predicted octanol–water partition coefficient (Wildman–Crippen LogP) is 0.136. The van der Waals surface area contributed by atoms with Crippen LogP contribution in [0.5, 0.6) is 0 Å². The second-order valence-corrected chi connectivity index (χ2v) is 5.25. The van der Waals surface area contributed by atoms with Crippen LogP contribution in [0.2, 0.25) is 0 Å². The van der Waals surface area contributed by atoms with Crippen molar-refractivity contribution in [3.8, 4) is 0 Å². The maximum absolute atomic E-state index is 11.7. The Labute approximate surface area is 118 Å². The van der Waals surface area contributed by atoms with Crippen molar-refractivity contribution in [2.24, 2.45) is 5.84 Å². The molecule has 7 heteroatoms. The molecule has 0 bridgehead atoms. The maximum atomic E-state index is 11.7. The molecule has 0 aromatic carbocycles. The monoisotopic (exact) mass is 276 g/mol. The predicted molar refractivity (Wildman–Crippen MR) is 76.2 cm³/mol. The Balaban J connectivity index is 1.81. The molecule has 2 aliphatic rings. The van der Waals surface area contributed by atoms with Gasteiger partial charge in [0.25, 0.3) is 0 Å². The molecule has 1 amide bonds. The van der Waals surface area contributed by atoms with E-state index in [0.717, 1.165) is 44.1 Å². The zero-order valence-corrected chi connectivity index (χ0v) is 11.7. The number of aromatic nitrogens is 2. The van der Waals surface area contributed by atoms with Crippen molar-refractivity contribution in [1.29, 1.82) is 0 Å². The summed E-state index contributed by atoms with van der Waals surface area (Å²) in [6, 6.07) is 2.19. The first kappa shape index (κ1) is 13.1. The van der Waals surface area contributed by atoms with Crippen molar-refractivity contribution >= 4 is 17.5 Å². The first-order valence-corrected chi connectivity index (χ1v) is 7.10. The number of hydrogen-bond acceptors (Lipinski definition) is 6. The zero-order valence-electron chi connectivity index (χ0n) is 11.7. The van der Waals surface area contributed by atoms with Crippen molar-refractivity contribution < 1.29 is 4.79 Å². The number of nitrogens with zero attached hydrogens (tertiary/aromatic N) is 4. The Morgan fingerprint density at radius 2 is 2.30 bits per heavy atom. The van der Waals surface area contributed by atoms with Crippen molar-refractivity contribution in [3.63, 3.8) is 0 Å². The molecule has 2 aliphatic heterocycles. The Bertz CT molecular complexity index is 497. The molecule has 1 atom stereocenters. The minimum absolute atomic E-state index is 0.288. The van der Waals surface area contributed by atoms with Gasteiger partial charge < -0.3 is 15.2 Å². The minimum Gasteiger partial charge on any atom is -0.353 e.